The van der Waals surface area contributed by atoms with E-state index in [0.29, 0.717) is 5.41 Å². The SMILES string of the molecule is CC(C)CNCC1(CN(CC2CC2)CC2CC2)CCOC1. The third-order valence-corrected chi connectivity index (χ3v) is 5.22. The first-order valence-electron chi connectivity index (χ1n) is 9.16. The summed E-state index contributed by atoms with van der Waals surface area (Å²) in [5.41, 5.74) is 0.374. The maximum absolute atomic E-state index is 5.79. The molecule has 1 heterocycles. The van der Waals surface area contributed by atoms with Gasteiger partial charge in [-0.15, -0.1) is 0 Å². The molecule has 21 heavy (non-hydrogen) atoms. The fraction of sp³-hybridized carbons (Fsp3) is 1.00. The van der Waals surface area contributed by atoms with Crippen molar-refractivity contribution in [1.29, 1.82) is 0 Å². The molecule has 3 rings (SSSR count). The van der Waals surface area contributed by atoms with Crippen LogP contribution in [0.3, 0.4) is 0 Å². The van der Waals surface area contributed by atoms with Crippen LogP contribution in [0, 0.1) is 23.2 Å². The van der Waals surface area contributed by atoms with E-state index < -0.39 is 0 Å². The minimum absolute atomic E-state index is 0.374. The molecule has 0 aromatic carbocycles. The molecule has 3 heteroatoms. The van der Waals surface area contributed by atoms with Crippen molar-refractivity contribution < 1.29 is 4.74 Å². The van der Waals surface area contributed by atoms with Crippen LogP contribution in [0.1, 0.15) is 46.0 Å². The Kier molecular flexibility index (Phi) is 5.23. The molecule has 0 aromatic rings. The zero-order chi connectivity index (χ0) is 14.7. The van der Waals surface area contributed by atoms with Crippen molar-refractivity contribution in [3.05, 3.63) is 0 Å². The zero-order valence-corrected chi connectivity index (χ0v) is 14.1. The van der Waals surface area contributed by atoms with Crippen molar-refractivity contribution >= 4 is 0 Å². The number of hydrogen-bond acceptors (Lipinski definition) is 3. The molecule has 1 unspecified atom stereocenters. The van der Waals surface area contributed by atoms with Gasteiger partial charge in [0.25, 0.3) is 0 Å². The highest BCUT2D eigenvalue weighted by Gasteiger charge is 2.39. The van der Waals surface area contributed by atoms with Crippen LogP contribution in [0.25, 0.3) is 0 Å². The van der Waals surface area contributed by atoms with Crippen LogP contribution < -0.4 is 5.32 Å². The summed E-state index contributed by atoms with van der Waals surface area (Å²) in [6, 6.07) is 0. The standard InChI is InChI=1S/C18H34N2O/c1-15(2)9-19-12-18(7-8-21-14-18)13-20(10-16-3-4-16)11-17-5-6-17/h15-17,19H,3-14H2,1-2H3. The fourth-order valence-electron chi connectivity index (χ4n) is 3.60. The predicted octanol–water partition coefficient (Wildman–Crippen LogP) is 2.76. The lowest BCUT2D eigenvalue weighted by Gasteiger charge is -2.35. The average molecular weight is 294 g/mol. The lowest BCUT2D eigenvalue weighted by atomic mass is 9.86. The Hall–Kier alpha value is -0.120. The van der Waals surface area contributed by atoms with Crippen molar-refractivity contribution in [3.63, 3.8) is 0 Å². The molecule has 1 atom stereocenters. The van der Waals surface area contributed by atoms with Gasteiger partial charge in [-0.2, -0.15) is 0 Å². The molecular weight excluding hydrogens is 260 g/mol. The van der Waals surface area contributed by atoms with Crippen LogP contribution in [-0.2, 0) is 4.74 Å². The lowest BCUT2D eigenvalue weighted by molar-refractivity contribution is 0.103. The minimum Gasteiger partial charge on any atom is -0.381 e. The smallest absolute Gasteiger partial charge is 0.0547 e. The molecule has 3 fully saturated rings. The Balaban J connectivity index is 1.52. The Morgan fingerprint density at radius 2 is 1.81 bits per heavy atom. The molecule has 1 aliphatic heterocycles. The van der Waals surface area contributed by atoms with E-state index in [0.717, 1.165) is 44.1 Å². The molecule has 0 radical (unpaired) electrons. The van der Waals surface area contributed by atoms with Gasteiger partial charge in [-0.3, -0.25) is 0 Å². The molecule has 0 spiro atoms. The maximum Gasteiger partial charge on any atom is 0.0547 e. The molecule has 0 amide bonds. The molecule has 122 valence electrons. The summed E-state index contributed by atoms with van der Waals surface area (Å²) in [7, 11) is 0. The second-order valence-corrected chi connectivity index (χ2v) is 8.41. The van der Waals surface area contributed by atoms with E-state index in [2.05, 4.69) is 24.1 Å². The normalized spacial score (nSPS) is 29.7. The van der Waals surface area contributed by atoms with Gasteiger partial charge in [0, 0.05) is 38.2 Å². The molecule has 2 aliphatic carbocycles. The van der Waals surface area contributed by atoms with Gasteiger partial charge in [-0.25, -0.2) is 0 Å². The predicted molar refractivity (Wildman–Crippen MR) is 87.5 cm³/mol. The van der Waals surface area contributed by atoms with Gasteiger partial charge in [-0.1, -0.05) is 13.8 Å². The van der Waals surface area contributed by atoms with Crippen molar-refractivity contribution in [1.82, 2.24) is 10.2 Å². The van der Waals surface area contributed by atoms with Crippen LogP contribution in [0.15, 0.2) is 0 Å². The van der Waals surface area contributed by atoms with Gasteiger partial charge in [0.15, 0.2) is 0 Å². The van der Waals surface area contributed by atoms with E-state index in [1.807, 2.05) is 0 Å². The van der Waals surface area contributed by atoms with Crippen LogP contribution in [0.4, 0.5) is 0 Å². The summed E-state index contributed by atoms with van der Waals surface area (Å²) in [4.78, 5) is 2.79. The summed E-state index contributed by atoms with van der Waals surface area (Å²) in [6.45, 7) is 12.7. The van der Waals surface area contributed by atoms with Crippen LogP contribution in [-0.4, -0.2) is 50.8 Å². The third-order valence-electron chi connectivity index (χ3n) is 5.22. The monoisotopic (exact) mass is 294 g/mol. The topological polar surface area (TPSA) is 24.5 Å². The van der Waals surface area contributed by atoms with Gasteiger partial charge < -0.3 is 15.0 Å². The first-order valence-corrected chi connectivity index (χ1v) is 9.16. The molecule has 3 nitrogen and oxygen atoms in total. The van der Waals surface area contributed by atoms with Crippen LogP contribution in [0.2, 0.25) is 0 Å². The Bertz CT molecular complexity index is 303. The van der Waals surface area contributed by atoms with Gasteiger partial charge in [0.1, 0.15) is 0 Å². The average Bonchev–Trinajstić information content (AvgIpc) is 3.33. The van der Waals surface area contributed by atoms with E-state index >= 15 is 0 Å². The Morgan fingerprint density at radius 3 is 2.29 bits per heavy atom. The molecule has 3 aliphatic rings. The van der Waals surface area contributed by atoms with E-state index in [1.165, 1.54) is 51.7 Å². The van der Waals surface area contributed by atoms with E-state index in [-0.39, 0.29) is 0 Å². The molecule has 0 bridgehead atoms. The third kappa shape index (κ3) is 5.22. The number of nitrogens with one attached hydrogen (secondary N) is 1. The van der Waals surface area contributed by atoms with Crippen molar-refractivity contribution in [3.8, 4) is 0 Å². The van der Waals surface area contributed by atoms with Crippen molar-refractivity contribution in [2.24, 2.45) is 23.2 Å². The van der Waals surface area contributed by atoms with Crippen molar-refractivity contribution in [2.45, 2.75) is 46.0 Å². The van der Waals surface area contributed by atoms with Crippen LogP contribution in [0.5, 0.6) is 0 Å². The second-order valence-electron chi connectivity index (χ2n) is 8.41. The first-order chi connectivity index (χ1) is 10.2. The van der Waals surface area contributed by atoms with E-state index in [1.54, 1.807) is 0 Å². The fourth-order valence-corrected chi connectivity index (χ4v) is 3.60. The molecule has 1 N–H and O–H groups in total. The molecular formula is C18H34N2O. The Morgan fingerprint density at radius 1 is 1.14 bits per heavy atom. The van der Waals surface area contributed by atoms with Gasteiger partial charge in [-0.05, 0) is 56.4 Å². The van der Waals surface area contributed by atoms with E-state index in [4.69, 9.17) is 4.74 Å². The lowest BCUT2D eigenvalue weighted by Crippen LogP contribution is -2.46. The maximum atomic E-state index is 5.79. The highest BCUT2D eigenvalue weighted by atomic mass is 16.5. The number of rotatable bonds is 10. The summed E-state index contributed by atoms with van der Waals surface area (Å²) < 4.78 is 5.79. The highest BCUT2D eigenvalue weighted by molar-refractivity contribution is 4.91. The number of ether oxygens (including phenoxy) is 1. The van der Waals surface area contributed by atoms with Crippen molar-refractivity contribution in [2.75, 3.05) is 45.9 Å². The molecule has 0 aromatic heterocycles. The van der Waals surface area contributed by atoms with Gasteiger partial charge in [0.2, 0.25) is 0 Å². The molecule has 2 saturated carbocycles. The summed E-state index contributed by atoms with van der Waals surface area (Å²) in [6.07, 6.45) is 7.11. The number of hydrogen-bond donors (Lipinski definition) is 1. The van der Waals surface area contributed by atoms with Gasteiger partial charge in [0.05, 0.1) is 6.61 Å². The zero-order valence-electron chi connectivity index (χ0n) is 14.1. The summed E-state index contributed by atoms with van der Waals surface area (Å²) >= 11 is 0. The largest absolute Gasteiger partial charge is 0.381 e. The highest BCUT2D eigenvalue weighted by Crippen LogP contribution is 2.36. The number of nitrogens with zero attached hydrogens (tertiary/aromatic N) is 1. The quantitative estimate of drug-likeness (QED) is 0.670. The first kappa shape index (κ1) is 15.8. The molecule has 1 saturated heterocycles. The summed E-state index contributed by atoms with van der Waals surface area (Å²) in [5, 5.41) is 3.70. The van der Waals surface area contributed by atoms with Crippen LogP contribution >= 0.6 is 0 Å². The van der Waals surface area contributed by atoms with E-state index in [9.17, 15) is 0 Å². The second kappa shape index (κ2) is 6.97. The minimum atomic E-state index is 0.374. The van der Waals surface area contributed by atoms with Gasteiger partial charge >= 0.3 is 0 Å². The summed E-state index contributed by atoms with van der Waals surface area (Å²) in [5.74, 6) is 2.75. The Labute approximate surface area is 130 Å².